The molecule has 4 aromatic rings. The van der Waals surface area contributed by atoms with E-state index in [9.17, 15) is 4.79 Å². The maximum Gasteiger partial charge on any atom is 0.362 e. The zero-order valence-electron chi connectivity index (χ0n) is 13.5. The molecule has 0 atom stereocenters. The Balaban J connectivity index is 1.85. The van der Waals surface area contributed by atoms with E-state index < -0.39 is 5.63 Å². The Bertz CT molecular complexity index is 1100. The minimum Gasteiger partial charge on any atom is -0.421 e. The van der Waals surface area contributed by atoms with E-state index >= 15 is 0 Å². The van der Waals surface area contributed by atoms with Gasteiger partial charge in [-0.2, -0.15) is 20.1 Å². The highest BCUT2D eigenvalue weighted by atomic mass is 16.4. The van der Waals surface area contributed by atoms with Gasteiger partial charge in [-0.15, -0.1) is 0 Å². The first-order chi connectivity index (χ1) is 11.5. The highest BCUT2D eigenvalue weighted by molar-refractivity contribution is 5.80. The first-order valence-electron chi connectivity index (χ1n) is 7.52. The van der Waals surface area contributed by atoms with Gasteiger partial charge in [0.05, 0.1) is 23.3 Å². The Hall–Kier alpha value is -3.22. The molecule has 0 unspecified atom stereocenters. The smallest absolute Gasteiger partial charge is 0.362 e. The molecule has 0 aliphatic carbocycles. The van der Waals surface area contributed by atoms with Crippen LogP contribution in [0.4, 0.5) is 0 Å². The molecule has 1 aromatic carbocycles. The van der Waals surface area contributed by atoms with E-state index in [2.05, 4.69) is 15.3 Å². The number of hydrogen-bond acceptors (Lipinski definition) is 5. The van der Waals surface area contributed by atoms with Gasteiger partial charge in [-0.3, -0.25) is 0 Å². The van der Waals surface area contributed by atoms with Crippen LogP contribution in [-0.4, -0.2) is 24.8 Å². The molecule has 24 heavy (non-hydrogen) atoms. The number of aromatic nitrogens is 5. The van der Waals surface area contributed by atoms with Crippen LogP contribution in [0.1, 0.15) is 17.0 Å². The molecule has 0 spiro atoms. The van der Waals surface area contributed by atoms with Crippen LogP contribution in [0.2, 0.25) is 0 Å². The summed E-state index contributed by atoms with van der Waals surface area (Å²) in [6, 6.07) is 7.29. The van der Waals surface area contributed by atoms with Crippen LogP contribution in [0.3, 0.4) is 0 Å². The normalized spacial score (nSPS) is 11.3. The van der Waals surface area contributed by atoms with Crippen molar-refractivity contribution >= 4 is 11.0 Å². The van der Waals surface area contributed by atoms with Gasteiger partial charge in [0.2, 0.25) is 0 Å². The number of rotatable bonds is 2. The van der Waals surface area contributed by atoms with Gasteiger partial charge in [0.15, 0.2) is 5.69 Å². The first kappa shape index (κ1) is 14.4. The van der Waals surface area contributed by atoms with Crippen molar-refractivity contribution in [1.82, 2.24) is 24.8 Å². The standard InChI is InChI=1S/C17H15N5O2/c1-10-8-18-21(9-10)15-6-13-4-5-14(7-16(13)24-17(15)23)22-19-11(2)12(3)20-22/h4-9H,1-3H3. The lowest BCUT2D eigenvalue weighted by atomic mass is 10.2. The van der Waals surface area contributed by atoms with Crippen LogP contribution in [-0.2, 0) is 0 Å². The van der Waals surface area contributed by atoms with E-state index in [0.717, 1.165) is 28.0 Å². The van der Waals surface area contributed by atoms with E-state index in [0.29, 0.717) is 11.3 Å². The van der Waals surface area contributed by atoms with Crippen molar-refractivity contribution in [3.8, 4) is 11.4 Å². The predicted octanol–water partition coefficient (Wildman–Crippen LogP) is 2.48. The third-order valence-corrected chi connectivity index (χ3v) is 3.90. The molecule has 7 heteroatoms. The highest BCUT2D eigenvalue weighted by Gasteiger charge is 2.11. The zero-order valence-corrected chi connectivity index (χ0v) is 13.5. The first-order valence-corrected chi connectivity index (χ1v) is 7.52. The largest absolute Gasteiger partial charge is 0.421 e. The summed E-state index contributed by atoms with van der Waals surface area (Å²) in [6.07, 6.45) is 3.48. The zero-order chi connectivity index (χ0) is 16.8. The molecule has 0 bridgehead atoms. The number of nitrogens with zero attached hydrogens (tertiary/aromatic N) is 5. The van der Waals surface area contributed by atoms with Crippen LogP contribution in [0.15, 0.2) is 45.9 Å². The Morgan fingerprint density at radius 1 is 1.04 bits per heavy atom. The minimum atomic E-state index is -0.441. The second-order valence-corrected chi connectivity index (χ2v) is 5.76. The number of hydrogen-bond donors (Lipinski definition) is 0. The van der Waals surface area contributed by atoms with Crippen LogP contribution < -0.4 is 5.63 Å². The molecule has 4 rings (SSSR count). The second-order valence-electron chi connectivity index (χ2n) is 5.76. The molecule has 0 fully saturated rings. The Morgan fingerprint density at radius 3 is 2.46 bits per heavy atom. The van der Waals surface area contributed by atoms with E-state index in [-0.39, 0.29) is 0 Å². The lowest BCUT2D eigenvalue weighted by Gasteiger charge is -2.04. The van der Waals surface area contributed by atoms with E-state index in [1.165, 1.54) is 9.48 Å². The van der Waals surface area contributed by atoms with Crippen LogP contribution in [0.5, 0.6) is 0 Å². The SMILES string of the molecule is Cc1cnn(-c2cc3ccc(-n4nc(C)c(C)n4)cc3oc2=O)c1. The Kier molecular flexibility index (Phi) is 3.09. The van der Waals surface area contributed by atoms with Gasteiger partial charge in [-0.1, -0.05) is 0 Å². The molecule has 120 valence electrons. The highest BCUT2D eigenvalue weighted by Crippen LogP contribution is 2.19. The molecule has 0 N–H and O–H groups in total. The van der Waals surface area contributed by atoms with Crippen LogP contribution in [0, 0.1) is 20.8 Å². The summed E-state index contributed by atoms with van der Waals surface area (Å²) in [5, 5.41) is 13.7. The fourth-order valence-corrected chi connectivity index (χ4v) is 2.48. The van der Waals surface area contributed by atoms with Crippen molar-refractivity contribution in [1.29, 1.82) is 0 Å². The lowest BCUT2D eigenvalue weighted by Crippen LogP contribution is -2.10. The summed E-state index contributed by atoms with van der Waals surface area (Å²) in [5.41, 5.74) is 3.86. The summed E-state index contributed by atoms with van der Waals surface area (Å²) >= 11 is 0. The average molecular weight is 321 g/mol. The third-order valence-electron chi connectivity index (χ3n) is 3.90. The van der Waals surface area contributed by atoms with E-state index in [4.69, 9.17) is 4.42 Å². The third kappa shape index (κ3) is 2.30. The monoisotopic (exact) mass is 321 g/mol. The quantitative estimate of drug-likeness (QED) is 0.530. The molecule has 0 amide bonds. The van der Waals surface area contributed by atoms with Gasteiger partial charge in [0.1, 0.15) is 5.58 Å². The summed E-state index contributed by atoms with van der Waals surface area (Å²) in [5.74, 6) is 0. The van der Waals surface area contributed by atoms with Crippen molar-refractivity contribution in [2.24, 2.45) is 0 Å². The number of fused-ring (bicyclic) bond motifs is 1. The van der Waals surface area contributed by atoms with Gasteiger partial charge in [-0.25, -0.2) is 9.48 Å². The average Bonchev–Trinajstić information content (AvgIpc) is 3.12. The summed E-state index contributed by atoms with van der Waals surface area (Å²) in [4.78, 5) is 13.8. The number of aryl methyl sites for hydroxylation is 3. The van der Waals surface area contributed by atoms with E-state index in [1.54, 1.807) is 24.5 Å². The van der Waals surface area contributed by atoms with Crippen molar-refractivity contribution in [3.05, 3.63) is 64.0 Å². The van der Waals surface area contributed by atoms with Gasteiger partial charge in [0.25, 0.3) is 0 Å². The van der Waals surface area contributed by atoms with Crippen molar-refractivity contribution < 1.29 is 4.42 Å². The topological polar surface area (TPSA) is 78.7 Å². The molecule has 3 aromatic heterocycles. The number of benzene rings is 1. The van der Waals surface area contributed by atoms with Gasteiger partial charge in [-0.05, 0) is 44.5 Å². The van der Waals surface area contributed by atoms with Crippen LogP contribution >= 0.6 is 0 Å². The maximum absolute atomic E-state index is 12.3. The molecular weight excluding hydrogens is 306 g/mol. The summed E-state index contributed by atoms with van der Waals surface area (Å²) in [7, 11) is 0. The maximum atomic E-state index is 12.3. The molecule has 0 radical (unpaired) electrons. The van der Waals surface area contributed by atoms with E-state index in [1.807, 2.05) is 32.9 Å². The van der Waals surface area contributed by atoms with Gasteiger partial charge >= 0.3 is 5.63 Å². The van der Waals surface area contributed by atoms with Crippen LogP contribution in [0.25, 0.3) is 22.3 Å². The van der Waals surface area contributed by atoms with Crippen molar-refractivity contribution in [3.63, 3.8) is 0 Å². The Labute approximate surface area is 137 Å². The van der Waals surface area contributed by atoms with Crippen molar-refractivity contribution in [2.75, 3.05) is 0 Å². The molecule has 0 aliphatic heterocycles. The Morgan fingerprint density at radius 2 is 1.79 bits per heavy atom. The lowest BCUT2D eigenvalue weighted by molar-refractivity contribution is 0.551. The molecule has 0 saturated carbocycles. The molecular formula is C17H15N5O2. The summed E-state index contributed by atoms with van der Waals surface area (Å²) < 4.78 is 6.99. The summed E-state index contributed by atoms with van der Waals surface area (Å²) in [6.45, 7) is 5.72. The fourth-order valence-electron chi connectivity index (χ4n) is 2.48. The fraction of sp³-hybridized carbons (Fsp3) is 0.176. The molecule has 3 heterocycles. The van der Waals surface area contributed by atoms with Crippen molar-refractivity contribution in [2.45, 2.75) is 20.8 Å². The second kappa shape index (κ2) is 5.16. The molecule has 0 aliphatic rings. The van der Waals surface area contributed by atoms with Gasteiger partial charge < -0.3 is 4.42 Å². The molecule has 7 nitrogen and oxygen atoms in total. The molecule has 0 saturated heterocycles. The van der Waals surface area contributed by atoms with Gasteiger partial charge in [0, 0.05) is 17.6 Å². The predicted molar refractivity (Wildman–Crippen MR) is 88.7 cm³/mol. The minimum absolute atomic E-state index is 0.382.